The van der Waals surface area contributed by atoms with E-state index in [0.717, 1.165) is 44.7 Å². The van der Waals surface area contributed by atoms with Gasteiger partial charge in [0.25, 0.3) is 5.91 Å². The van der Waals surface area contributed by atoms with Crippen LogP contribution in [0.2, 0.25) is 0 Å². The van der Waals surface area contributed by atoms with Crippen LogP contribution in [0.3, 0.4) is 0 Å². The van der Waals surface area contributed by atoms with E-state index < -0.39 is 41.3 Å². The highest BCUT2D eigenvalue weighted by Gasteiger charge is 2.41. The lowest BCUT2D eigenvalue weighted by Crippen LogP contribution is -2.63. The molecule has 0 aliphatic carbocycles. The molecule has 2 saturated heterocycles. The third-order valence-corrected chi connectivity index (χ3v) is 13.9. The fourth-order valence-corrected chi connectivity index (χ4v) is 10.1. The number of carbonyl (C=O) groups is 4. The van der Waals surface area contributed by atoms with Gasteiger partial charge in [0, 0.05) is 92.4 Å². The van der Waals surface area contributed by atoms with Crippen molar-refractivity contribution < 1.29 is 33.8 Å². The van der Waals surface area contributed by atoms with E-state index in [2.05, 4.69) is 60.3 Å². The molecule has 7 rings (SSSR count). The summed E-state index contributed by atoms with van der Waals surface area (Å²) in [5.74, 6) is -1.32. The maximum Gasteiger partial charge on any atom is 0.324 e. The number of methoxy groups -OCH3 is 1. The fourth-order valence-electron chi connectivity index (χ4n) is 9.27. The van der Waals surface area contributed by atoms with Gasteiger partial charge in [0.05, 0.1) is 34.8 Å². The van der Waals surface area contributed by atoms with Crippen LogP contribution in [0.1, 0.15) is 83.7 Å². The number of hydrazine groups is 1. The van der Waals surface area contributed by atoms with E-state index in [1.807, 2.05) is 39.1 Å². The molecule has 0 radical (unpaired) electrons. The molecule has 4 amide bonds. The van der Waals surface area contributed by atoms with Crippen molar-refractivity contribution in [1.82, 2.24) is 40.1 Å². The van der Waals surface area contributed by atoms with Crippen LogP contribution in [0.5, 0.6) is 0 Å². The summed E-state index contributed by atoms with van der Waals surface area (Å²) in [4.78, 5) is 69.4. The molecule has 15 nitrogen and oxygen atoms in total. The minimum Gasteiger partial charge on any atom is -0.464 e. The van der Waals surface area contributed by atoms with Crippen LogP contribution >= 0.6 is 11.3 Å². The van der Waals surface area contributed by atoms with Crippen molar-refractivity contribution in [3.63, 3.8) is 0 Å². The van der Waals surface area contributed by atoms with E-state index in [4.69, 9.17) is 19.4 Å². The van der Waals surface area contributed by atoms with Gasteiger partial charge < -0.3 is 34.3 Å². The molecule has 1 aromatic carbocycles. The number of pyridine rings is 1. The molecule has 16 heteroatoms. The highest BCUT2D eigenvalue weighted by Crippen LogP contribution is 2.42. The molecule has 3 aliphatic heterocycles. The second-order valence-corrected chi connectivity index (χ2v) is 19.6. The Bertz CT molecular complexity index is 2320. The number of ether oxygens (including phenoxy) is 2. The molecule has 0 spiro atoms. The lowest BCUT2D eigenvalue weighted by Gasteiger charge is -2.45. The molecule has 3 N–H and O–H groups in total. The van der Waals surface area contributed by atoms with Crippen molar-refractivity contribution in [3.05, 3.63) is 58.2 Å². The normalized spacial score (nSPS) is 21.1. The molecular formula is C47H64N8O7S. The van der Waals surface area contributed by atoms with Crippen molar-refractivity contribution in [2.45, 2.75) is 105 Å². The predicted octanol–water partition coefficient (Wildman–Crippen LogP) is 5.84. The number of thiazole rings is 1. The molecule has 5 atom stereocenters. The van der Waals surface area contributed by atoms with Crippen molar-refractivity contribution in [3.8, 4) is 22.5 Å². The fraction of sp³-hybridized carbons (Fsp3) is 0.574. The molecule has 340 valence electrons. The van der Waals surface area contributed by atoms with Crippen LogP contribution in [0.4, 0.5) is 4.79 Å². The van der Waals surface area contributed by atoms with Gasteiger partial charge in [-0.15, -0.1) is 11.3 Å². The Balaban J connectivity index is 1.27. The number of amides is 4. The minimum atomic E-state index is -1.06. The highest BCUT2D eigenvalue weighted by atomic mass is 32.1. The van der Waals surface area contributed by atoms with Crippen molar-refractivity contribution in [2.75, 3.05) is 47.0 Å². The smallest absolute Gasteiger partial charge is 0.324 e. The molecule has 6 bridgehead atoms. The van der Waals surface area contributed by atoms with Gasteiger partial charge in [-0.25, -0.2) is 15.2 Å². The zero-order chi connectivity index (χ0) is 45.3. The van der Waals surface area contributed by atoms with Gasteiger partial charge in [0.15, 0.2) is 0 Å². The Labute approximate surface area is 374 Å². The molecule has 63 heavy (non-hydrogen) atoms. The number of urea groups is 1. The number of hydrogen-bond acceptors (Lipinski definition) is 11. The monoisotopic (exact) mass is 884 g/mol. The summed E-state index contributed by atoms with van der Waals surface area (Å²) >= 11 is 1.42. The number of hydrogen-bond donors (Lipinski definition) is 3. The predicted molar refractivity (Wildman–Crippen MR) is 242 cm³/mol. The number of rotatable bonds is 10. The quantitative estimate of drug-likeness (QED) is 0.165. The molecule has 3 aromatic heterocycles. The first kappa shape index (κ1) is 46.1. The number of aliphatic hydroxyl groups is 1. The zero-order valence-corrected chi connectivity index (χ0v) is 39.0. The Hall–Kier alpha value is -4.90. The van der Waals surface area contributed by atoms with Gasteiger partial charge in [-0.2, -0.15) is 0 Å². The number of likely N-dealkylation sites (tertiary alicyclic amines) is 1. The van der Waals surface area contributed by atoms with Crippen LogP contribution < -0.4 is 10.7 Å². The van der Waals surface area contributed by atoms with Gasteiger partial charge in [0.1, 0.15) is 18.1 Å². The lowest BCUT2D eigenvalue weighted by atomic mass is 9.84. The summed E-state index contributed by atoms with van der Waals surface area (Å²) in [5.41, 5.74) is 9.32. The summed E-state index contributed by atoms with van der Waals surface area (Å²) in [6.45, 7) is 16.3. The number of benzene rings is 1. The van der Waals surface area contributed by atoms with E-state index in [1.54, 1.807) is 25.3 Å². The number of esters is 1. The zero-order valence-electron chi connectivity index (χ0n) is 38.1. The van der Waals surface area contributed by atoms with E-state index in [9.17, 15) is 24.3 Å². The number of aryl methyl sites for hydroxylation is 1. The number of aromatic nitrogens is 3. The topological polar surface area (TPSA) is 171 Å². The number of cyclic esters (lactones) is 1. The Morgan fingerprint density at radius 1 is 1.16 bits per heavy atom. The van der Waals surface area contributed by atoms with Gasteiger partial charge in [-0.1, -0.05) is 40.7 Å². The minimum absolute atomic E-state index is 0.0500. The number of fused-ring (bicyclic) bond motifs is 6. The second kappa shape index (κ2) is 19.1. The molecule has 3 aliphatic rings. The third kappa shape index (κ3) is 9.50. The first-order valence-corrected chi connectivity index (χ1v) is 23.2. The Kier molecular flexibility index (Phi) is 13.9. The average Bonchev–Trinajstić information content (AvgIpc) is 3.85. The van der Waals surface area contributed by atoms with Crippen LogP contribution in [0.15, 0.2) is 41.9 Å². The number of likely N-dealkylation sites (N-methyl/N-ethyl adjacent to an activating group) is 1. The maximum atomic E-state index is 14.6. The Morgan fingerprint density at radius 3 is 2.62 bits per heavy atom. The molecule has 0 saturated carbocycles. The standard InChI is InChI=1S/C47H64N8O7S/c1-10-54-38-16-15-30-19-33(38)34(42(54)32-13-11-17-48-40(32)29(5)61-9)21-47(6,7)26-62-45(59)35-14-12-18-55(51-35)44(58)36(20-39-49-37(30)25-63-39)50-43(57)41(27(2)3)52(8)46(60)53-22-31(23-53)28(4)24-56/h11,13,15-17,19,25,27-29,31,35-36,41,51,56H,10,12,14,18,20-24,26H2,1-9H3,(H,50,57)/t28-,29+,35+,36+,41?/m1/s1. The van der Waals surface area contributed by atoms with Gasteiger partial charge in [-0.3, -0.25) is 24.4 Å². The summed E-state index contributed by atoms with van der Waals surface area (Å²) in [6.07, 6.45) is 3.25. The van der Waals surface area contributed by atoms with E-state index >= 15 is 0 Å². The van der Waals surface area contributed by atoms with E-state index in [-0.39, 0.29) is 49.5 Å². The van der Waals surface area contributed by atoms with Crippen LogP contribution in [0, 0.1) is 23.2 Å². The number of aliphatic hydroxyl groups excluding tert-OH is 1. The average molecular weight is 885 g/mol. The summed E-state index contributed by atoms with van der Waals surface area (Å²) in [7, 11) is 3.30. The lowest BCUT2D eigenvalue weighted by molar-refractivity contribution is -0.155. The van der Waals surface area contributed by atoms with E-state index in [0.29, 0.717) is 50.4 Å². The van der Waals surface area contributed by atoms with E-state index in [1.165, 1.54) is 21.2 Å². The molecule has 1 unspecified atom stereocenters. The summed E-state index contributed by atoms with van der Waals surface area (Å²) in [5, 5.41) is 17.8. The highest BCUT2D eigenvalue weighted by molar-refractivity contribution is 7.10. The molecular weight excluding hydrogens is 821 g/mol. The van der Waals surface area contributed by atoms with Gasteiger partial charge in [0.2, 0.25) is 5.91 Å². The van der Waals surface area contributed by atoms with Crippen LogP contribution in [0.25, 0.3) is 33.4 Å². The third-order valence-electron chi connectivity index (χ3n) is 13.0. The van der Waals surface area contributed by atoms with Crippen molar-refractivity contribution in [2.24, 2.45) is 23.2 Å². The van der Waals surface area contributed by atoms with Crippen LogP contribution in [-0.4, -0.2) is 123 Å². The maximum absolute atomic E-state index is 14.6. The summed E-state index contributed by atoms with van der Waals surface area (Å²) < 4.78 is 14.2. The van der Waals surface area contributed by atoms with Gasteiger partial charge in [-0.05, 0) is 80.7 Å². The van der Waals surface area contributed by atoms with Crippen molar-refractivity contribution >= 4 is 46.1 Å². The number of nitrogens with one attached hydrogen (secondary N) is 2. The molecule has 2 fully saturated rings. The number of nitrogens with zero attached hydrogens (tertiary/aromatic N) is 6. The molecule has 6 heterocycles. The van der Waals surface area contributed by atoms with Gasteiger partial charge >= 0.3 is 12.0 Å². The largest absolute Gasteiger partial charge is 0.464 e. The van der Waals surface area contributed by atoms with Crippen molar-refractivity contribution in [1.29, 1.82) is 0 Å². The number of carbonyl (C=O) groups excluding carboxylic acids is 4. The second-order valence-electron chi connectivity index (χ2n) is 18.7. The van der Waals surface area contributed by atoms with Crippen LogP contribution in [-0.2, 0) is 43.2 Å². The molecule has 4 aromatic rings. The first-order valence-electron chi connectivity index (χ1n) is 22.3. The first-order chi connectivity index (χ1) is 30.0. The SMILES string of the molecule is CCn1c(-c2cccnc2[C@H](C)OC)c2c3cc(ccc31)-c1csc(n1)C[C@H](NC(=O)C(C(C)C)N(C)C(=O)N1CC([C@H](C)CO)C1)C(=O)N1CCC[C@H](N1)C(=O)OCC(C)(C)C2. The Morgan fingerprint density at radius 2 is 1.92 bits per heavy atom. The summed E-state index contributed by atoms with van der Waals surface area (Å²) in [6, 6.07) is 7.45.